The van der Waals surface area contributed by atoms with E-state index in [1.807, 2.05) is 17.5 Å². The van der Waals surface area contributed by atoms with E-state index in [-0.39, 0.29) is 0 Å². The lowest BCUT2D eigenvalue weighted by Gasteiger charge is -2.14. The molecule has 2 aromatic heterocycles. The van der Waals surface area contributed by atoms with Crippen molar-refractivity contribution >= 4 is 17.0 Å². The highest BCUT2D eigenvalue weighted by molar-refractivity contribution is 7.15. The SMILES string of the molecule is CCc1ccc(-c2nn(C3CCCCCC3)cc2N)s1. The molecule has 0 bridgehead atoms. The van der Waals surface area contributed by atoms with Crippen molar-refractivity contribution in [2.24, 2.45) is 0 Å². The molecule has 108 valence electrons. The van der Waals surface area contributed by atoms with Gasteiger partial charge in [-0.15, -0.1) is 11.3 Å². The highest BCUT2D eigenvalue weighted by atomic mass is 32.1. The van der Waals surface area contributed by atoms with Crippen LogP contribution in [0, 0.1) is 0 Å². The Balaban J connectivity index is 1.86. The molecule has 0 saturated heterocycles. The molecule has 3 nitrogen and oxygen atoms in total. The molecule has 0 spiro atoms. The average Bonchev–Trinajstić information content (AvgIpc) is 2.97. The normalized spacial score (nSPS) is 17.2. The fraction of sp³-hybridized carbons (Fsp3) is 0.562. The molecule has 0 radical (unpaired) electrons. The van der Waals surface area contributed by atoms with Crippen molar-refractivity contribution in [3.8, 4) is 10.6 Å². The molecule has 1 saturated carbocycles. The third kappa shape index (κ3) is 2.75. The van der Waals surface area contributed by atoms with Gasteiger partial charge in [-0.2, -0.15) is 5.10 Å². The Morgan fingerprint density at radius 2 is 2.00 bits per heavy atom. The van der Waals surface area contributed by atoms with Crippen LogP contribution < -0.4 is 5.73 Å². The second-order valence-corrected chi connectivity index (χ2v) is 6.85. The molecule has 20 heavy (non-hydrogen) atoms. The highest BCUT2D eigenvalue weighted by Gasteiger charge is 2.18. The third-order valence-corrected chi connectivity index (χ3v) is 5.44. The van der Waals surface area contributed by atoms with Crippen LogP contribution in [-0.2, 0) is 6.42 Å². The Hall–Kier alpha value is -1.29. The van der Waals surface area contributed by atoms with Crippen LogP contribution in [0.3, 0.4) is 0 Å². The molecular formula is C16H23N3S. The summed E-state index contributed by atoms with van der Waals surface area (Å²) in [5.41, 5.74) is 7.98. The standard InChI is InChI=1S/C16H23N3S/c1-2-13-9-10-15(20-13)16-14(17)11-19(18-16)12-7-5-3-4-6-8-12/h9-12H,2-8,17H2,1H3. The number of nitrogens with two attached hydrogens (primary N) is 1. The lowest BCUT2D eigenvalue weighted by atomic mass is 10.1. The van der Waals surface area contributed by atoms with Gasteiger partial charge in [0, 0.05) is 11.1 Å². The topological polar surface area (TPSA) is 43.8 Å². The molecule has 0 amide bonds. The summed E-state index contributed by atoms with van der Waals surface area (Å²) in [5, 5.41) is 4.80. The van der Waals surface area contributed by atoms with E-state index in [1.54, 1.807) is 0 Å². The minimum absolute atomic E-state index is 0.541. The van der Waals surface area contributed by atoms with E-state index in [9.17, 15) is 0 Å². The van der Waals surface area contributed by atoms with Crippen molar-refractivity contribution in [3.05, 3.63) is 23.2 Å². The quantitative estimate of drug-likeness (QED) is 0.836. The summed E-state index contributed by atoms with van der Waals surface area (Å²) in [6.45, 7) is 2.18. The molecular weight excluding hydrogens is 266 g/mol. The van der Waals surface area contributed by atoms with E-state index in [4.69, 9.17) is 10.8 Å². The van der Waals surface area contributed by atoms with Crippen molar-refractivity contribution in [1.82, 2.24) is 9.78 Å². The van der Waals surface area contributed by atoms with Gasteiger partial charge < -0.3 is 5.73 Å². The molecule has 0 aromatic carbocycles. The molecule has 1 fully saturated rings. The van der Waals surface area contributed by atoms with Gasteiger partial charge in [0.1, 0.15) is 5.69 Å². The van der Waals surface area contributed by atoms with E-state index in [1.165, 1.54) is 48.3 Å². The van der Waals surface area contributed by atoms with E-state index < -0.39 is 0 Å². The van der Waals surface area contributed by atoms with Crippen molar-refractivity contribution in [1.29, 1.82) is 0 Å². The van der Waals surface area contributed by atoms with Crippen LogP contribution in [0.1, 0.15) is 56.4 Å². The average molecular weight is 289 g/mol. The number of nitrogens with zero attached hydrogens (tertiary/aromatic N) is 2. The van der Waals surface area contributed by atoms with Gasteiger partial charge in [-0.05, 0) is 31.4 Å². The first-order valence-corrected chi connectivity index (χ1v) is 8.53. The first-order valence-electron chi connectivity index (χ1n) is 7.71. The van der Waals surface area contributed by atoms with Crippen molar-refractivity contribution in [3.63, 3.8) is 0 Å². The Morgan fingerprint density at radius 3 is 2.65 bits per heavy atom. The largest absolute Gasteiger partial charge is 0.396 e. The van der Waals surface area contributed by atoms with E-state index in [0.717, 1.165) is 17.8 Å². The zero-order valence-corrected chi connectivity index (χ0v) is 13.0. The predicted octanol–water partition coefficient (Wildman–Crippen LogP) is 4.65. The maximum absolute atomic E-state index is 6.19. The third-order valence-electron chi connectivity index (χ3n) is 4.20. The van der Waals surface area contributed by atoms with E-state index in [2.05, 4.69) is 23.7 Å². The molecule has 1 aliphatic rings. The zero-order valence-electron chi connectivity index (χ0n) is 12.1. The van der Waals surface area contributed by atoms with Crippen molar-refractivity contribution in [2.75, 3.05) is 5.73 Å². The van der Waals surface area contributed by atoms with Gasteiger partial charge >= 0.3 is 0 Å². The maximum atomic E-state index is 6.19. The summed E-state index contributed by atoms with van der Waals surface area (Å²) in [6, 6.07) is 4.88. The number of rotatable bonds is 3. The first-order chi connectivity index (χ1) is 9.78. The van der Waals surface area contributed by atoms with Crippen molar-refractivity contribution in [2.45, 2.75) is 57.9 Å². The molecule has 0 unspecified atom stereocenters. The van der Waals surface area contributed by atoms with Crippen LogP contribution in [0.2, 0.25) is 0 Å². The number of aromatic nitrogens is 2. The van der Waals surface area contributed by atoms with Crippen LogP contribution in [-0.4, -0.2) is 9.78 Å². The van der Waals surface area contributed by atoms with Gasteiger partial charge in [0.05, 0.1) is 16.6 Å². The Kier molecular flexibility index (Phi) is 4.10. The second kappa shape index (κ2) is 6.00. The second-order valence-electron chi connectivity index (χ2n) is 5.68. The summed E-state index contributed by atoms with van der Waals surface area (Å²) in [7, 11) is 0. The van der Waals surface area contributed by atoms with Gasteiger partial charge in [-0.25, -0.2) is 0 Å². The molecule has 2 N–H and O–H groups in total. The van der Waals surface area contributed by atoms with Crippen LogP contribution in [0.15, 0.2) is 18.3 Å². The molecule has 0 aliphatic heterocycles. The smallest absolute Gasteiger partial charge is 0.125 e. The summed E-state index contributed by atoms with van der Waals surface area (Å²) in [4.78, 5) is 2.59. The summed E-state index contributed by atoms with van der Waals surface area (Å²) in [5.74, 6) is 0. The summed E-state index contributed by atoms with van der Waals surface area (Å²) in [6.07, 6.45) is 11.0. The number of aryl methyl sites for hydroxylation is 1. The molecule has 2 heterocycles. The van der Waals surface area contributed by atoms with E-state index in [0.29, 0.717) is 6.04 Å². The summed E-state index contributed by atoms with van der Waals surface area (Å²) >= 11 is 1.81. The fourth-order valence-corrected chi connectivity index (χ4v) is 3.96. The summed E-state index contributed by atoms with van der Waals surface area (Å²) < 4.78 is 2.13. The number of thiophene rings is 1. The lowest BCUT2D eigenvalue weighted by Crippen LogP contribution is -2.08. The zero-order chi connectivity index (χ0) is 13.9. The molecule has 1 aliphatic carbocycles. The van der Waals surface area contributed by atoms with Gasteiger partial charge in [0.15, 0.2) is 0 Å². The van der Waals surface area contributed by atoms with Gasteiger partial charge in [-0.3, -0.25) is 4.68 Å². The molecule has 0 atom stereocenters. The number of hydrogen-bond acceptors (Lipinski definition) is 3. The monoisotopic (exact) mass is 289 g/mol. The maximum Gasteiger partial charge on any atom is 0.125 e. The molecule has 2 aromatic rings. The first kappa shape index (κ1) is 13.7. The van der Waals surface area contributed by atoms with Gasteiger partial charge in [0.25, 0.3) is 0 Å². The Labute approximate surface area is 124 Å². The number of hydrogen-bond donors (Lipinski definition) is 1. The number of nitrogen functional groups attached to an aromatic ring is 1. The predicted molar refractivity (Wildman–Crippen MR) is 86.1 cm³/mol. The molecule has 3 rings (SSSR count). The number of anilines is 1. The fourth-order valence-electron chi connectivity index (χ4n) is 3.00. The Bertz CT molecular complexity index is 562. The van der Waals surface area contributed by atoms with Crippen LogP contribution >= 0.6 is 11.3 Å². The Morgan fingerprint density at radius 1 is 1.25 bits per heavy atom. The lowest BCUT2D eigenvalue weighted by molar-refractivity contribution is 0.406. The van der Waals surface area contributed by atoms with Crippen LogP contribution in [0.5, 0.6) is 0 Å². The van der Waals surface area contributed by atoms with Crippen molar-refractivity contribution < 1.29 is 0 Å². The highest BCUT2D eigenvalue weighted by Crippen LogP contribution is 2.34. The van der Waals surface area contributed by atoms with Gasteiger partial charge in [-0.1, -0.05) is 32.6 Å². The molecule has 4 heteroatoms. The minimum atomic E-state index is 0.541. The minimum Gasteiger partial charge on any atom is -0.396 e. The van der Waals surface area contributed by atoms with Crippen LogP contribution in [0.4, 0.5) is 5.69 Å². The van der Waals surface area contributed by atoms with Crippen LogP contribution in [0.25, 0.3) is 10.6 Å². The van der Waals surface area contributed by atoms with Gasteiger partial charge in [0.2, 0.25) is 0 Å². The van der Waals surface area contributed by atoms with E-state index >= 15 is 0 Å².